The van der Waals surface area contributed by atoms with Crippen LogP contribution in [0.15, 0.2) is 36.7 Å². The summed E-state index contributed by atoms with van der Waals surface area (Å²) in [5.41, 5.74) is 1.78. The fourth-order valence-corrected chi connectivity index (χ4v) is 3.50. The lowest BCUT2D eigenvalue weighted by molar-refractivity contribution is 0.107. The number of ether oxygens (including phenoxy) is 1. The summed E-state index contributed by atoms with van der Waals surface area (Å²) < 4.78 is 5.59. The molecule has 2 atom stereocenters. The van der Waals surface area contributed by atoms with Gasteiger partial charge in [-0.25, -0.2) is 4.98 Å². The molecule has 0 amide bonds. The normalized spacial score (nSPS) is 21.8. The second-order valence-corrected chi connectivity index (χ2v) is 6.91. The number of nitrogens with zero attached hydrogens (tertiary/aromatic N) is 3. The van der Waals surface area contributed by atoms with Crippen molar-refractivity contribution < 1.29 is 4.74 Å². The molecular weight excluding hydrogens is 300 g/mol. The smallest absolute Gasteiger partial charge is 0.123 e. The molecule has 2 aromatic rings. The topological polar surface area (TPSA) is 64.9 Å². The first-order valence-electron chi connectivity index (χ1n) is 8.31. The Morgan fingerprint density at radius 1 is 1.42 bits per heavy atom. The number of likely N-dealkylation sites (tertiary alicyclic amines) is 1. The molecule has 0 spiro atoms. The summed E-state index contributed by atoms with van der Waals surface area (Å²) in [6, 6.07) is 10.9. The number of hydrogen-bond donors (Lipinski definition) is 1. The molecule has 1 fully saturated rings. The summed E-state index contributed by atoms with van der Waals surface area (Å²) in [7, 11) is 1.76. The largest absolute Gasteiger partial charge is 0.380 e. The van der Waals surface area contributed by atoms with E-state index in [1.54, 1.807) is 13.3 Å². The molecule has 1 unspecified atom stereocenters. The molecule has 126 valence electrons. The number of nitriles is 1. The van der Waals surface area contributed by atoms with Crippen LogP contribution in [0.25, 0.3) is 0 Å². The van der Waals surface area contributed by atoms with Crippen molar-refractivity contribution in [2.24, 2.45) is 0 Å². The van der Waals surface area contributed by atoms with Crippen LogP contribution in [0.5, 0.6) is 0 Å². The Balaban J connectivity index is 1.89. The van der Waals surface area contributed by atoms with Gasteiger partial charge in [-0.2, -0.15) is 5.26 Å². The van der Waals surface area contributed by atoms with E-state index in [0.29, 0.717) is 0 Å². The van der Waals surface area contributed by atoms with E-state index in [1.165, 1.54) is 5.56 Å². The first kappa shape index (κ1) is 16.7. The first-order chi connectivity index (χ1) is 11.5. The zero-order chi connectivity index (χ0) is 17.2. The standard InChI is InChI=1S/C19H24N4O/c1-19(2,13-20)16-7-5-4-6-14(16)11-23-12-15(24-3)10-17(23)18-21-8-9-22-18/h4-9,15,17H,10-12H2,1-3H3,(H,21,22)/t15-,17?/m1/s1. The van der Waals surface area contributed by atoms with Gasteiger partial charge in [0.15, 0.2) is 0 Å². The molecule has 0 saturated carbocycles. The van der Waals surface area contributed by atoms with Gasteiger partial charge in [0, 0.05) is 32.6 Å². The Hall–Kier alpha value is -2.16. The third kappa shape index (κ3) is 3.21. The van der Waals surface area contributed by atoms with Gasteiger partial charge in [0.2, 0.25) is 0 Å². The maximum absolute atomic E-state index is 9.52. The molecule has 0 aliphatic carbocycles. The molecular formula is C19H24N4O. The van der Waals surface area contributed by atoms with E-state index >= 15 is 0 Å². The molecule has 2 heterocycles. The molecule has 1 aliphatic rings. The second-order valence-electron chi connectivity index (χ2n) is 6.91. The highest BCUT2D eigenvalue weighted by molar-refractivity contribution is 5.37. The number of benzene rings is 1. The van der Waals surface area contributed by atoms with Gasteiger partial charge in [0.1, 0.15) is 5.82 Å². The number of hydrogen-bond acceptors (Lipinski definition) is 4. The van der Waals surface area contributed by atoms with Crippen LogP contribution in [-0.2, 0) is 16.7 Å². The fraction of sp³-hybridized carbons (Fsp3) is 0.474. The van der Waals surface area contributed by atoms with Crippen molar-refractivity contribution in [2.45, 2.75) is 44.4 Å². The molecule has 24 heavy (non-hydrogen) atoms. The van der Waals surface area contributed by atoms with Crippen molar-refractivity contribution in [1.29, 1.82) is 5.26 Å². The summed E-state index contributed by atoms with van der Waals surface area (Å²) in [5.74, 6) is 0.978. The van der Waals surface area contributed by atoms with Crippen LogP contribution in [0.4, 0.5) is 0 Å². The maximum Gasteiger partial charge on any atom is 0.123 e. The zero-order valence-corrected chi connectivity index (χ0v) is 14.5. The predicted molar refractivity (Wildman–Crippen MR) is 92.2 cm³/mol. The Kier molecular flexibility index (Phi) is 4.70. The van der Waals surface area contributed by atoms with Crippen LogP contribution in [-0.4, -0.2) is 34.6 Å². The first-order valence-corrected chi connectivity index (χ1v) is 8.31. The molecule has 1 aliphatic heterocycles. The molecule has 1 N–H and O–H groups in total. The fourth-order valence-electron chi connectivity index (χ4n) is 3.50. The molecule has 1 aromatic carbocycles. The molecule has 5 heteroatoms. The van der Waals surface area contributed by atoms with E-state index in [9.17, 15) is 5.26 Å². The van der Waals surface area contributed by atoms with Gasteiger partial charge < -0.3 is 9.72 Å². The van der Waals surface area contributed by atoms with Gasteiger partial charge in [-0.1, -0.05) is 24.3 Å². The number of rotatable bonds is 5. The molecule has 1 aromatic heterocycles. The van der Waals surface area contributed by atoms with Crippen molar-refractivity contribution in [3.8, 4) is 6.07 Å². The summed E-state index contributed by atoms with van der Waals surface area (Å²) in [6.45, 7) is 5.59. The Morgan fingerprint density at radius 3 is 2.88 bits per heavy atom. The van der Waals surface area contributed by atoms with Crippen LogP contribution in [0.2, 0.25) is 0 Å². The van der Waals surface area contributed by atoms with E-state index in [4.69, 9.17) is 4.74 Å². The maximum atomic E-state index is 9.52. The van der Waals surface area contributed by atoms with Gasteiger partial charge in [0.05, 0.1) is 23.6 Å². The van der Waals surface area contributed by atoms with Crippen LogP contribution >= 0.6 is 0 Å². The molecule has 1 saturated heterocycles. The van der Waals surface area contributed by atoms with Crippen LogP contribution < -0.4 is 0 Å². The van der Waals surface area contributed by atoms with E-state index in [-0.39, 0.29) is 12.1 Å². The Bertz CT molecular complexity index is 717. The molecule has 5 nitrogen and oxygen atoms in total. The monoisotopic (exact) mass is 324 g/mol. The third-order valence-corrected chi connectivity index (χ3v) is 4.88. The van der Waals surface area contributed by atoms with E-state index in [0.717, 1.165) is 30.9 Å². The third-order valence-electron chi connectivity index (χ3n) is 4.88. The van der Waals surface area contributed by atoms with Crippen LogP contribution in [0.3, 0.4) is 0 Å². The van der Waals surface area contributed by atoms with E-state index in [1.807, 2.05) is 32.2 Å². The predicted octanol–water partition coefficient (Wildman–Crippen LogP) is 3.17. The van der Waals surface area contributed by atoms with E-state index < -0.39 is 5.41 Å². The average molecular weight is 324 g/mol. The number of nitrogens with one attached hydrogen (secondary N) is 1. The number of imidazole rings is 1. The SMILES string of the molecule is CO[C@@H]1CC(c2ncc[nH]2)N(Cc2ccccc2C(C)(C)C#N)C1. The lowest BCUT2D eigenvalue weighted by atomic mass is 9.83. The van der Waals surface area contributed by atoms with Crippen molar-refractivity contribution in [3.05, 3.63) is 53.6 Å². The second kappa shape index (κ2) is 6.76. The summed E-state index contributed by atoms with van der Waals surface area (Å²) in [4.78, 5) is 10.1. The van der Waals surface area contributed by atoms with Gasteiger partial charge in [-0.05, 0) is 31.4 Å². The van der Waals surface area contributed by atoms with Gasteiger partial charge in [0.25, 0.3) is 0 Å². The minimum absolute atomic E-state index is 0.205. The van der Waals surface area contributed by atoms with Crippen molar-refractivity contribution in [2.75, 3.05) is 13.7 Å². The average Bonchev–Trinajstić information content (AvgIpc) is 3.24. The minimum atomic E-state index is -0.503. The summed E-state index contributed by atoms with van der Waals surface area (Å²) in [5, 5.41) is 9.52. The van der Waals surface area contributed by atoms with Gasteiger partial charge in [-0.3, -0.25) is 4.90 Å². The summed E-state index contributed by atoms with van der Waals surface area (Å²) >= 11 is 0. The Labute approximate surface area is 143 Å². The highest BCUT2D eigenvalue weighted by Gasteiger charge is 2.35. The minimum Gasteiger partial charge on any atom is -0.380 e. The number of aromatic amines is 1. The highest BCUT2D eigenvalue weighted by atomic mass is 16.5. The van der Waals surface area contributed by atoms with E-state index in [2.05, 4.69) is 33.1 Å². The molecule has 3 rings (SSSR count). The van der Waals surface area contributed by atoms with Gasteiger partial charge >= 0.3 is 0 Å². The number of H-pyrrole nitrogens is 1. The van der Waals surface area contributed by atoms with Crippen LogP contribution in [0.1, 0.15) is 43.3 Å². The van der Waals surface area contributed by atoms with Crippen molar-refractivity contribution in [3.63, 3.8) is 0 Å². The van der Waals surface area contributed by atoms with Crippen molar-refractivity contribution in [1.82, 2.24) is 14.9 Å². The van der Waals surface area contributed by atoms with Crippen LogP contribution in [0, 0.1) is 11.3 Å². The zero-order valence-electron chi connectivity index (χ0n) is 14.5. The lowest BCUT2D eigenvalue weighted by Gasteiger charge is -2.26. The molecule has 0 radical (unpaired) electrons. The quantitative estimate of drug-likeness (QED) is 0.917. The Morgan fingerprint density at radius 2 is 2.21 bits per heavy atom. The summed E-state index contributed by atoms with van der Waals surface area (Å²) in [6.07, 6.45) is 4.78. The van der Waals surface area contributed by atoms with Crippen molar-refractivity contribution >= 4 is 0 Å². The number of methoxy groups -OCH3 is 1. The number of aromatic nitrogens is 2. The lowest BCUT2D eigenvalue weighted by Crippen LogP contribution is -2.27. The highest BCUT2D eigenvalue weighted by Crippen LogP contribution is 2.34. The van der Waals surface area contributed by atoms with Gasteiger partial charge in [-0.15, -0.1) is 0 Å². The molecule has 0 bridgehead atoms.